The number of unbranched alkanes of at least 4 members (excludes halogenated alkanes) is 9. The third-order valence-electron chi connectivity index (χ3n) is 4.54. The second-order valence-electron chi connectivity index (χ2n) is 6.39. The van der Waals surface area contributed by atoms with E-state index in [2.05, 4.69) is 18.9 Å². The Morgan fingerprint density at radius 2 is 1.52 bits per heavy atom. The van der Waals surface area contributed by atoms with Gasteiger partial charge in [-0.2, -0.15) is 5.10 Å². The van der Waals surface area contributed by atoms with Crippen molar-refractivity contribution < 1.29 is 0 Å². The number of nitrogens with zero attached hydrogens (tertiary/aromatic N) is 2. The lowest BCUT2D eigenvalue weighted by Crippen LogP contribution is -2.11. The van der Waals surface area contributed by atoms with Crippen LogP contribution >= 0.6 is 0 Å². The van der Waals surface area contributed by atoms with Gasteiger partial charge in [-0.15, -0.1) is 0 Å². The summed E-state index contributed by atoms with van der Waals surface area (Å²) >= 11 is 0. The quantitative estimate of drug-likeness (QED) is 0.549. The first kappa shape index (κ1) is 18.2. The number of hydrogen-bond donors (Lipinski definition) is 1. The van der Waals surface area contributed by atoms with Crippen LogP contribution in [0, 0.1) is 6.92 Å². The molecule has 0 aliphatic heterocycles. The van der Waals surface area contributed by atoms with Gasteiger partial charge in [0.1, 0.15) is 0 Å². The van der Waals surface area contributed by atoms with Crippen LogP contribution in [0.2, 0.25) is 0 Å². The van der Waals surface area contributed by atoms with E-state index in [1.54, 1.807) is 0 Å². The van der Waals surface area contributed by atoms with Crippen molar-refractivity contribution in [2.75, 3.05) is 0 Å². The zero-order valence-corrected chi connectivity index (χ0v) is 14.4. The molecule has 1 aromatic rings. The first-order valence-electron chi connectivity index (χ1n) is 8.91. The molecular formula is C18H35N3. The van der Waals surface area contributed by atoms with E-state index in [9.17, 15) is 0 Å². The lowest BCUT2D eigenvalue weighted by atomic mass is 10.0. The Hall–Kier alpha value is -0.830. The molecule has 3 nitrogen and oxygen atoms in total. The Kier molecular flexibility index (Phi) is 9.40. The van der Waals surface area contributed by atoms with Crippen molar-refractivity contribution in [2.24, 2.45) is 12.8 Å². The molecule has 0 saturated heterocycles. The molecule has 1 atom stereocenters. The van der Waals surface area contributed by atoms with Crippen LogP contribution in [0.5, 0.6) is 0 Å². The van der Waals surface area contributed by atoms with E-state index in [-0.39, 0.29) is 6.04 Å². The van der Waals surface area contributed by atoms with E-state index >= 15 is 0 Å². The summed E-state index contributed by atoms with van der Waals surface area (Å²) in [5, 5.41) is 4.27. The largest absolute Gasteiger partial charge is 0.324 e. The Morgan fingerprint density at radius 1 is 1.00 bits per heavy atom. The SMILES string of the molecule is CCCCCCCCCCCCC(N)c1cnn(C)c1C. The van der Waals surface area contributed by atoms with E-state index in [1.807, 2.05) is 17.9 Å². The highest BCUT2D eigenvalue weighted by molar-refractivity contribution is 5.19. The Balaban J connectivity index is 1.98. The minimum atomic E-state index is 0.160. The van der Waals surface area contributed by atoms with Gasteiger partial charge in [-0.05, 0) is 13.3 Å². The average Bonchev–Trinajstić information content (AvgIpc) is 2.81. The van der Waals surface area contributed by atoms with Crippen molar-refractivity contribution in [3.8, 4) is 0 Å². The topological polar surface area (TPSA) is 43.8 Å². The van der Waals surface area contributed by atoms with Gasteiger partial charge >= 0.3 is 0 Å². The average molecular weight is 293 g/mol. The first-order valence-corrected chi connectivity index (χ1v) is 8.91. The fraction of sp³-hybridized carbons (Fsp3) is 0.833. The van der Waals surface area contributed by atoms with Crippen molar-refractivity contribution >= 4 is 0 Å². The molecule has 0 spiro atoms. The van der Waals surface area contributed by atoms with Crippen LogP contribution in [0.4, 0.5) is 0 Å². The maximum absolute atomic E-state index is 6.26. The summed E-state index contributed by atoms with van der Waals surface area (Å²) in [6.07, 6.45) is 16.8. The fourth-order valence-corrected chi connectivity index (χ4v) is 2.89. The van der Waals surface area contributed by atoms with Gasteiger partial charge in [-0.3, -0.25) is 4.68 Å². The van der Waals surface area contributed by atoms with Crippen molar-refractivity contribution in [1.29, 1.82) is 0 Å². The van der Waals surface area contributed by atoms with E-state index < -0.39 is 0 Å². The van der Waals surface area contributed by atoms with Crippen LogP contribution in [0.1, 0.15) is 94.9 Å². The predicted molar refractivity (Wildman–Crippen MR) is 91.3 cm³/mol. The fourth-order valence-electron chi connectivity index (χ4n) is 2.89. The summed E-state index contributed by atoms with van der Waals surface area (Å²) in [7, 11) is 1.98. The van der Waals surface area contributed by atoms with E-state index in [4.69, 9.17) is 5.73 Å². The molecule has 0 radical (unpaired) electrons. The summed E-state index contributed by atoms with van der Waals surface area (Å²) in [6, 6.07) is 0.160. The number of hydrogen-bond acceptors (Lipinski definition) is 2. The molecule has 0 amide bonds. The van der Waals surface area contributed by atoms with Crippen LogP contribution in [0.25, 0.3) is 0 Å². The van der Waals surface area contributed by atoms with Gasteiger partial charge in [-0.1, -0.05) is 71.1 Å². The molecule has 122 valence electrons. The molecule has 1 unspecified atom stereocenters. The van der Waals surface area contributed by atoms with Crippen LogP contribution in [-0.4, -0.2) is 9.78 Å². The van der Waals surface area contributed by atoms with Gasteiger partial charge in [-0.25, -0.2) is 0 Å². The monoisotopic (exact) mass is 293 g/mol. The van der Waals surface area contributed by atoms with Gasteiger partial charge in [0, 0.05) is 24.3 Å². The van der Waals surface area contributed by atoms with Gasteiger partial charge in [0.15, 0.2) is 0 Å². The first-order chi connectivity index (χ1) is 10.2. The highest BCUT2D eigenvalue weighted by Crippen LogP contribution is 2.20. The van der Waals surface area contributed by atoms with Gasteiger partial charge in [0.2, 0.25) is 0 Å². The van der Waals surface area contributed by atoms with Crippen molar-refractivity contribution in [1.82, 2.24) is 9.78 Å². The third-order valence-corrected chi connectivity index (χ3v) is 4.54. The standard InChI is InChI=1S/C18H35N3/c1-4-5-6-7-8-9-10-11-12-13-14-18(19)17-15-20-21(3)16(17)2/h15,18H,4-14,19H2,1-3H3. The molecule has 0 fully saturated rings. The second kappa shape index (κ2) is 10.8. The van der Waals surface area contributed by atoms with Crippen LogP contribution in [-0.2, 0) is 7.05 Å². The molecule has 1 heterocycles. The van der Waals surface area contributed by atoms with Gasteiger partial charge < -0.3 is 5.73 Å². The molecule has 1 aromatic heterocycles. The number of rotatable bonds is 12. The molecule has 0 aliphatic rings. The molecule has 21 heavy (non-hydrogen) atoms. The lowest BCUT2D eigenvalue weighted by Gasteiger charge is -2.11. The molecule has 0 bridgehead atoms. The predicted octanol–water partition coefficient (Wildman–Crippen LogP) is 5.04. The third kappa shape index (κ3) is 7.12. The molecule has 0 aliphatic carbocycles. The maximum Gasteiger partial charge on any atom is 0.0540 e. The minimum absolute atomic E-state index is 0.160. The van der Waals surface area contributed by atoms with Crippen molar-refractivity contribution in [3.63, 3.8) is 0 Å². The molecule has 0 aromatic carbocycles. The van der Waals surface area contributed by atoms with E-state index in [0.717, 1.165) is 6.42 Å². The highest BCUT2D eigenvalue weighted by Gasteiger charge is 2.11. The Labute approximate surface area is 131 Å². The maximum atomic E-state index is 6.26. The normalized spacial score (nSPS) is 12.8. The molecule has 0 saturated carbocycles. The summed E-state index contributed by atoms with van der Waals surface area (Å²) in [5.74, 6) is 0. The van der Waals surface area contributed by atoms with E-state index in [1.165, 1.54) is 75.5 Å². The summed E-state index contributed by atoms with van der Waals surface area (Å²) in [4.78, 5) is 0. The smallest absolute Gasteiger partial charge is 0.0540 e. The molecule has 3 heteroatoms. The Morgan fingerprint density at radius 3 is 2.00 bits per heavy atom. The van der Waals surface area contributed by atoms with Gasteiger partial charge in [0.05, 0.1) is 6.20 Å². The summed E-state index contributed by atoms with van der Waals surface area (Å²) in [6.45, 7) is 4.37. The van der Waals surface area contributed by atoms with Crippen molar-refractivity contribution in [3.05, 3.63) is 17.5 Å². The summed E-state index contributed by atoms with van der Waals surface area (Å²) in [5.41, 5.74) is 8.68. The van der Waals surface area contributed by atoms with Gasteiger partial charge in [0.25, 0.3) is 0 Å². The molecular weight excluding hydrogens is 258 g/mol. The highest BCUT2D eigenvalue weighted by atomic mass is 15.3. The van der Waals surface area contributed by atoms with E-state index in [0.29, 0.717) is 0 Å². The van der Waals surface area contributed by atoms with Crippen molar-refractivity contribution in [2.45, 2.75) is 90.5 Å². The number of nitrogens with two attached hydrogens (primary N) is 1. The molecule has 1 rings (SSSR count). The lowest BCUT2D eigenvalue weighted by molar-refractivity contribution is 0.528. The number of aromatic nitrogens is 2. The zero-order chi connectivity index (χ0) is 15.5. The van der Waals surface area contributed by atoms with Crippen LogP contribution in [0.15, 0.2) is 6.20 Å². The molecule has 2 N–H and O–H groups in total. The zero-order valence-electron chi connectivity index (χ0n) is 14.4. The van der Waals surface area contributed by atoms with Crippen LogP contribution < -0.4 is 5.73 Å². The number of aryl methyl sites for hydroxylation is 1. The van der Waals surface area contributed by atoms with Crippen LogP contribution in [0.3, 0.4) is 0 Å². The minimum Gasteiger partial charge on any atom is -0.324 e. The summed E-state index contributed by atoms with van der Waals surface area (Å²) < 4.78 is 1.91. The Bertz CT molecular complexity index is 371. The second-order valence-corrected chi connectivity index (χ2v) is 6.39.